The molecule has 0 radical (unpaired) electrons. The highest BCUT2D eigenvalue weighted by Gasteiger charge is 2.30. The van der Waals surface area contributed by atoms with Crippen LogP contribution in [0, 0.1) is 0 Å². The molecule has 0 aromatic heterocycles. The van der Waals surface area contributed by atoms with E-state index >= 15 is 0 Å². The minimum atomic E-state index is -0.0000828. The number of carbonyl (C=O) groups excluding carboxylic acids is 2. The number of rotatable bonds is 4. The van der Waals surface area contributed by atoms with Crippen LogP contribution < -0.4 is 0 Å². The molecule has 30 heavy (non-hydrogen) atoms. The molecule has 2 saturated carbocycles. The van der Waals surface area contributed by atoms with Crippen LogP contribution in [0.25, 0.3) is 0 Å². The van der Waals surface area contributed by atoms with E-state index in [0.29, 0.717) is 32.8 Å². The Morgan fingerprint density at radius 3 is 1.33 bits per heavy atom. The van der Waals surface area contributed by atoms with Gasteiger partial charge in [0.15, 0.2) is 11.6 Å². The van der Waals surface area contributed by atoms with Gasteiger partial charge < -0.3 is 0 Å². The average molecular weight is 437 g/mol. The fourth-order valence-corrected chi connectivity index (χ4v) is 7.58. The van der Waals surface area contributed by atoms with Gasteiger partial charge in [-0.15, -0.1) is 23.5 Å². The predicted octanol–water partition coefficient (Wildman–Crippen LogP) is 7.31. The third-order valence-electron chi connectivity index (χ3n) is 6.67. The molecule has 2 fully saturated rings. The van der Waals surface area contributed by atoms with E-state index in [1.54, 1.807) is 0 Å². The lowest BCUT2D eigenvalue weighted by Gasteiger charge is -2.23. The van der Waals surface area contributed by atoms with Crippen molar-refractivity contribution >= 4 is 35.1 Å². The van der Waals surface area contributed by atoms with Crippen LogP contribution in [0.5, 0.6) is 0 Å². The molecule has 0 atom stereocenters. The first-order valence-corrected chi connectivity index (χ1v) is 13.2. The minimum Gasteiger partial charge on any atom is -0.289 e. The van der Waals surface area contributed by atoms with Gasteiger partial charge in [-0.3, -0.25) is 9.59 Å². The largest absolute Gasteiger partial charge is 0.289 e. The Morgan fingerprint density at radius 2 is 0.933 bits per heavy atom. The molecular formula is C26H28O2S2. The summed E-state index contributed by atoms with van der Waals surface area (Å²) in [7, 11) is 0. The smallest absolute Gasteiger partial charge is 0.194 e. The van der Waals surface area contributed by atoms with Crippen molar-refractivity contribution in [3.05, 3.63) is 58.7 Å². The van der Waals surface area contributed by atoms with Crippen LogP contribution in [0.3, 0.4) is 0 Å². The molecule has 3 aliphatic rings. The second-order valence-corrected chi connectivity index (χ2v) is 11.6. The van der Waals surface area contributed by atoms with E-state index < -0.39 is 0 Å². The third-order valence-corrected chi connectivity index (χ3v) is 9.33. The lowest BCUT2D eigenvalue weighted by atomic mass is 9.84. The van der Waals surface area contributed by atoms with E-state index in [-0.39, 0.29) is 11.6 Å². The molecule has 0 bridgehead atoms. The number of hydrogen-bond acceptors (Lipinski definition) is 4. The summed E-state index contributed by atoms with van der Waals surface area (Å²) < 4.78 is 0. The first-order chi connectivity index (χ1) is 14.7. The van der Waals surface area contributed by atoms with Crippen molar-refractivity contribution in [1.82, 2.24) is 0 Å². The number of thioether (sulfide) groups is 2. The highest BCUT2D eigenvalue weighted by molar-refractivity contribution is 8.00. The molecule has 0 heterocycles. The van der Waals surface area contributed by atoms with Crippen molar-refractivity contribution in [2.75, 3.05) is 0 Å². The van der Waals surface area contributed by atoms with Gasteiger partial charge in [0.1, 0.15) is 0 Å². The first-order valence-electron chi connectivity index (χ1n) is 11.4. The van der Waals surface area contributed by atoms with Crippen molar-refractivity contribution in [1.29, 1.82) is 0 Å². The Balaban J connectivity index is 1.39. The van der Waals surface area contributed by atoms with E-state index in [2.05, 4.69) is 0 Å². The van der Waals surface area contributed by atoms with Crippen LogP contribution in [-0.4, -0.2) is 22.1 Å². The van der Waals surface area contributed by atoms with Gasteiger partial charge in [-0.25, -0.2) is 0 Å². The molecule has 2 aromatic rings. The maximum Gasteiger partial charge on any atom is 0.194 e. The van der Waals surface area contributed by atoms with Crippen LogP contribution in [0.15, 0.2) is 46.2 Å². The summed E-state index contributed by atoms with van der Waals surface area (Å²) in [6.45, 7) is 0. The van der Waals surface area contributed by atoms with E-state index in [9.17, 15) is 9.59 Å². The van der Waals surface area contributed by atoms with Gasteiger partial charge in [-0.2, -0.15) is 0 Å². The Bertz CT molecular complexity index is 889. The minimum absolute atomic E-state index is 0.0000828. The van der Waals surface area contributed by atoms with Gasteiger partial charge in [0, 0.05) is 42.5 Å². The Kier molecular flexibility index (Phi) is 6.06. The van der Waals surface area contributed by atoms with Crippen molar-refractivity contribution in [3.8, 4) is 0 Å². The maximum atomic E-state index is 13.2. The summed E-state index contributed by atoms with van der Waals surface area (Å²) in [6.07, 6.45) is 12.9. The monoisotopic (exact) mass is 436 g/mol. The molecular weight excluding hydrogens is 408 g/mol. The first kappa shape index (κ1) is 20.4. The zero-order valence-corrected chi connectivity index (χ0v) is 19.0. The normalized spacial score (nSPS) is 20.1. The molecule has 2 aromatic carbocycles. The van der Waals surface area contributed by atoms with Crippen LogP contribution in [-0.2, 0) is 0 Å². The molecule has 2 nitrogen and oxygen atoms in total. The molecule has 0 saturated heterocycles. The topological polar surface area (TPSA) is 34.1 Å². The van der Waals surface area contributed by atoms with E-state index in [0.717, 1.165) is 9.79 Å². The summed E-state index contributed by atoms with van der Waals surface area (Å²) in [5.74, 6) is -0.000166. The number of ketones is 2. The highest BCUT2D eigenvalue weighted by Crippen LogP contribution is 2.38. The Morgan fingerprint density at radius 1 is 0.533 bits per heavy atom. The standard InChI is InChI=1S/C26H28O2S2/c27-25-22-14-12-20(30-18-9-5-2-6-10-18)16-24(22)26(28)21-13-11-19(15-23(21)25)29-17-7-3-1-4-8-17/h11-18H,1-10H2. The molecule has 3 aliphatic carbocycles. The molecule has 156 valence electrons. The van der Waals surface area contributed by atoms with Gasteiger partial charge >= 0.3 is 0 Å². The zero-order valence-electron chi connectivity index (χ0n) is 17.3. The lowest BCUT2D eigenvalue weighted by Crippen LogP contribution is -2.21. The highest BCUT2D eigenvalue weighted by atomic mass is 32.2. The average Bonchev–Trinajstić information content (AvgIpc) is 2.79. The second kappa shape index (κ2) is 8.92. The second-order valence-electron chi connectivity index (χ2n) is 8.83. The molecule has 4 heteroatoms. The predicted molar refractivity (Wildman–Crippen MR) is 125 cm³/mol. The van der Waals surface area contributed by atoms with Crippen molar-refractivity contribution in [3.63, 3.8) is 0 Å². The SMILES string of the molecule is O=C1c2ccc(SC3CCCCC3)cc2C(=O)c2ccc(SC3CCCCC3)cc21. The molecule has 0 spiro atoms. The fraction of sp³-hybridized carbons (Fsp3) is 0.462. The maximum absolute atomic E-state index is 13.2. The summed E-state index contributed by atoms with van der Waals surface area (Å²) in [5.41, 5.74) is 2.31. The number of fused-ring (bicyclic) bond motifs is 2. The summed E-state index contributed by atoms with van der Waals surface area (Å²) in [6, 6.07) is 11.8. The van der Waals surface area contributed by atoms with Crippen molar-refractivity contribution in [2.45, 2.75) is 84.5 Å². The van der Waals surface area contributed by atoms with E-state index in [1.165, 1.54) is 64.2 Å². The molecule has 5 rings (SSSR count). The number of benzene rings is 2. The Labute approximate surface area is 187 Å². The lowest BCUT2D eigenvalue weighted by molar-refractivity contribution is 0.0978. The van der Waals surface area contributed by atoms with Crippen LogP contribution in [0.1, 0.15) is 96.1 Å². The van der Waals surface area contributed by atoms with Gasteiger partial charge in [-0.05, 0) is 62.1 Å². The molecule has 0 N–H and O–H groups in total. The van der Waals surface area contributed by atoms with Gasteiger partial charge in [0.2, 0.25) is 0 Å². The van der Waals surface area contributed by atoms with E-state index in [1.807, 2.05) is 59.9 Å². The van der Waals surface area contributed by atoms with Gasteiger partial charge in [0.05, 0.1) is 0 Å². The van der Waals surface area contributed by atoms with Gasteiger partial charge in [-0.1, -0.05) is 38.5 Å². The summed E-state index contributed by atoms with van der Waals surface area (Å²) >= 11 is 3.75. The third kappa shape index (κ3) is 4.13. The molecule has 0 aliphatic heterocycles. The number of carbonyl (C=O) groups is 2. The molecule has 0 amide bonds. The summed E-state index contributed by atoms with van der Waals surface area (Å²) in [4.78, 5) is 28.7. The van der Waals surface area contributed by atoms with Gasteiger partial charge in [0.25, 0.3) is 0 Å². The van der Waals surface area contributed by atoms with E-state index in [4.69, 9.17) is 0 Å². The van der Waals surface area contributed by atoms with Crippen LogP contribution in [0.4, 0.5) is 0 Å². The molecule has 0 unspecified atom stereocenters. The van der Waals surface area contributed by atoms with Crippen molar-refractivity contribution < 1.29 is 9.59 Å². The quantitative estimate of drug-likeness (QED) is 0.429. The van der Waals surface area contributed by atoms with Crippen LogP contribution >= 0.6 is 23.5 Å². The van der Waals surface area contributed by atoms with Crippen LogP contribution in [0.2, 0.25) is 0 Å². The van der Waals surface area contributed by atoms with Crippen molar-refractivity contribution in [2.24, 2.45) is 0 Å². The zero-order chi connectivity index (χ0) is 20.5. The number of hydrogen-bond donors (Lipinski definition) is 0. The Hall–Kier alpha value is -1.52. The summed E-state index contributed by atoms with van der Waals surface area (Å²) in [5, 5.41) is 1.27. The fourth-order valence-electron chi connectivity index (χ4n) is 5.01.